The summed E-state index contributed by atoms with van der Waals surface area (Å²) in [5, 5.41) is 3.85. The van der Waals surface area contributed by atoms with Crippen LogP contribution in [0.1, 0.15) is 32.8 Å². The van der Waals surface area contributed by atoms with E-state index in [2.05, 4.69) is 5.32 Å². The van der Waals surface area contributed by atoms with Gasteiger partial charge < -0.3 is 10.2 Å². The molecule has 0 aromatic heterocycles. The standard InChI is InChI=1S/C23H28Cl3N3O4S/c1-5-15(2)27-23(31)16(3)28(13-17-9-10-20(25)21(26)11-17)22(30)14-29(34(4,32)33)19-8-6-7-18(24)12-19/h6-12,15-16H,5,13-14H2,1-4H3,(H,27,31)/t15-,16-/m0/s1. The molecule has 34 heavy (non-hydrogen) atoms. The average molecular weight is 549 g/mol. The third kappa shape index (κ3) is 7.77. The lowest BCUT2D eigenvalue weighted by Gasteiger charge is -2.32. The Balaban J connectivity index is 2.41. The van der Waals surface area contributed by atoms with Crippen LogP contribution in [0.3, 0.4) is 0 Å². The molecule has 7 nitrogen and oxygen atoms in total. The molecule has 186 valence electrons. The van der Waals surface area contributed by atoms with Crippen LogP contribution in [0.5, 0.6) is 0 Å². The SMILES string of the molecule is CC[C@H](C)NC(=O)[C@H](C)N(Cc1ccc(Cl)c(Cl)c1)C(=O)CN(c1cccc(Cl)c1)S(C)(=O)=O. The Morgan fingerprint density at radius 2 is 1.71 bits per heavy atom. The van der Waals surface area contributed by atoms with Gasteiger partial charge in [-0.1, -0.05) is 53.9 Å². The second-order valence-electron chi connectivity index (χ2n) is 8.01. The molecule has 0 radical (unpaired) electrons. The molecule has 0 aliphatic rings. The van der Waals surface area contributed by atoms with E-state index in [4.69, 9.17) is 34.8 Å². The smallest absolute Gasteiger partial charge is 0.244 e. The third-order valence-electron chi connectivity index (χ3n) is 5.28. The fraction of sp³-hybridized carbons (Fsp3) is 0.391. The number of amides is 2. The monoisotopic (exact) mass is 547 g/mol. The molecule has 0 aliphatic heterocycles. The summed E-state index contributed by atoms with van der Waals surface area (Å²) in [6, 6.07) is 10.1. The van der Waals surface area contributed by atoms with Crippen molar-refractivity contribution in [3.8, 4) is 0 Å². The van der Waals surface area contributed by atoms with Crippen molar-refractivity contribution in [1.29, 1.82) is 0 Å². The minimum Gasteiger partial charge on any atom is -0.352 e. The van der Waals surface area contributed by atoms with Gasteiger partial charge in [0.25, 0.3) is 0 Å². The van der Waals surface area contributed by atoms with E-state index in [1.807, 2.05) is 13.8 Å². The van der Waals surface area contributed by atoms with Gasteiger partial charge >= 0.3 is 0 Å². The second-order valence-corrected chi connectivity index (χ2v) is 11.2. The Morgan fingerprint density at radius 1 is 1.03 bits per heavy atom. The van der Waals surface area contributed by atoms with Crippen molar-refractivity contribution >= 4 is 62.3 Å². The first kappa shape index (κ1) is 28.2. The summed E-state index contributed by atoms with van der Waals surface area (Å²) in [7, 11) is -3.83. The summed E-state index contributed by atoms with van der Waals surface area (Å²) in [4.78, 5) is 27.6. The van der Waals surface area contributed by atoms with Crippen LogP contribution >= 0.6 is 34.8 Å². The van der Waals surface area contributed by atoms with Gasteiger partial charge in [0.1, 0.15) is 12.6 Å². The van der Waals surface area contributed by atoms with Gasteiger partial charge in [-0.2, -0.15) is 0 Å². The number of rotatable bonds is 10. The van der Waals surface area contributed by atoms with E-state index < -0.39 is 28.5 Å². The van der Waals surface area contributed by atoms with Gasteiger partial charge in [0.05, 0.1) is 22.0 Å². The molecule has 2 amide bonds. The molecule has 11 heteroatoms. The average Bonchev–Trinajstić information content (AvgIpc) is 2.76. The number of nitrogens with one attached hydrogen (secondary N) is 1. The molecule has 0 fully saturated rings. The van der Waals surface area contributed by atoms with E-state index >= 15 is 0 Å². The fourth-order valence-electron chi connectivity index (χ4n) is 3.13. The Morgan fingerprint density at radius 3 is 2.26 bits per heavy atom. The van der Waals surface area contributed by atoms with Crippen LogP contribution in [0.2, 0.25) is 15.1 Å². The summed E-state index contributed by atoms with van der Waals surface area (Å²) >= 11 is 18.2. The molecule has 0 bridgehead atoms. The number of carbonyl (C=O) groups is 2. The van der Waals surface area contributed by atoms with Crippen LogP contribution < -0.4 is 9.62 Å². The van der Waals surface area contributed by atoms with Crippen molar-refractivity contribution < 1.29 is 18.0 Å². The Labute approximate surface area is 216 Å². The Bertz CT molecular complexity index is 1140. The van der Waals surface area contributed by atoms with Crippen LogP contribution in [-0.4, -0.2) is 50.0 Å². The van der Waals surface area contributed by atoms with Gasteiger partial charge in [-0.3, -0.25) is 13.9 Å². The van der Waals surface area contributed by atoms with Crippen LogP contribution in [0.4, 0.5) is 5.69 Å². The van der Waals surface area contributed by atoms with E-state index in [1.54, 1.807) is 43.3 Å². The first-order valence-corrected chi connectivity index (χ1v) is 13.6. The first-order chi connectivity index (χ1) is 15.8. The molecule has 2 rings (SSSR count). The lowest BCUT2D eigenvalue weighted by molar-refractivity contribution is -0.139. The molecule has 0 heterocycles. The molecule has 2 atom stereocenters. The molecule has 2 aromatic carbocycles. The minimum atomic E-state index is -3.83. The van der Waals surface area contributed by atoms with Crippen molar-refractivity contribution in [2.24, 2.45) is 0 Å². The zero-order valence-electron chi connectivity index (χ0n) is 19.4. The first-order valence-electron chi connectivity index (χ1n) is 10.6. The van der Waals surface area contributed by atoms with Crippen molar-refractivity contribution in [3.63, 3.8) is 0 Å². The van der Waals surface area contributed by atoms with Gasteiger partial charge in [0.15, 0.2) is 0 Å². The maximum atomic E-state index is 13.5. The van der Waals surface area contributed by atoms with E-state index in [1.165, 1.54) is 11.0 Å². The highest BCUT2D eigenvalue weighted by Gasteiger charge is 2.30. The van der Waals surface area contributed by atoms with E-state index in [9.17, 15) is 18.0 Å². The third-order valence-corrected chi connectivity index (χ3v) is 7.40. The summed E-state index contributed by atoms with van der Waals surface area (Å²) in [6.45, 7) is 4.90. The van der Waals surface area contributed by atoms with Gasteiger partial charge in [-0.05, 0) is 56.2 Å². The highest BCUT2D eigenvalue weighted by Crippen LogP contribution is 2.25. The molecule has 0 saturated carbocycles. The van der Waals surface area contributed by atoms with Gasteiger partial charge in [-0.25, -0.2) is 8.42 Å². The number of hydrogen-bond acceptors (Lipinski definition) is 4. The zero-order chi connectivity index (χ0) is 25.6. The predicted molar refractivity (Wildman–Crippen MR) is 138 cm³/mol. The summed E-state index contributed by atoms with van der Waals surface area (Å²) in [5.74, 6) is -0.917. The zero-order valence-corrected chi connectivity index (χ0v) is 22.5. The molecule has 0 spiro atoms. The van der Waals surface area contributed by atoms with Crippen LogP contribution in [0.25, 0.3) is 0 Å². The lowest BCUT2D eigenvalue weighted by atomic mass is 10.1. The molecule has 1 N–H and O–H groups in total. The van der Waals surface area contributed by atoms with Crippen molar-refractivity contribution in [1.82, 2.24) is 10.2 Å². The quantitative estimate of drug-likeness (QED) is 0.464. The summed E-state index contributed by atoms with van der Waals surface area (Å²) < 4.78 is 26.0. The van der Waals surface area contributed by atoms with E-state index in [0.717, 1.165) is 17.0 Å². The molecule has 0 aliphatic carbocycles. The van der Waals surface area contributed by atoms with E-state index in [-0.39, 0.29) is 24.2 Å². The maximum Gasteiger partial charge on any atom is 0.244 e. The Hall–Kier alpha value is -2.00. The molecular formula is C23H28Cl3N3O4S. The minimum absolute atomic E-state index is 0.0258. The largest absolute Gasteiger partial charge is 0.352 e. The van der Waals surface area contributed by atoms with Crippen molar-refractivity contribution in [2.75, 3.05) is 17.1 Å². The highest BCUT2D eigenvalue weighted by atomic mass is 35.5. The van der Waals surface area contributed by atoms with Crippen molar-refractivity contribution in [3.05, 3.63) is 63.1 Å². The molecular weight excluding hydrogens is 521 g/mol. The number of carbonyl (C=O) groups excluding carboxylic acids is 2. The number of hydrogen-bond donors (Lipinski definition) is 1. The number of nitrogens with zero attached hydrogens (tertiary/aromatic N) is 2. The van der Waals surface area contributed by atoms with Crippen molar-refractivity contribution in [2.45, 2.75) is 45.8 Å². The molecule has 0 unspecified atom stereocenters. The second kappa shape index (κ2) is 12.1. The lowest BCUT2D eigenvalue weighted by Crippen LogP contribution is -2.52. The number of anilines is 1. The number of halogens is 3. The molecule has 0 saturated heterocycles. The van der Waals surface area contributed by atoms with Gasteiger partial charge in [0.2, 0.25) is 21.8 Å². The van der Waals surface area contributed by atoms with Crippen LogP contribution in [0.15, 0.2) is 42.5 Å². The van der Waals surface area contributed by atoms with E-state index in [0.29, 0.717) is 20.6 Å². The highest BCUT2D eigenvalue weighted by molar-refractivity contribution is 7.92. The number of benzene rings is 2. The number of sulfonamides is 1. The van der Waals surface area contributed by atoms with Crippen LogP contribution in [0, 0.1) is 0 Å². The van der Waals surface area contributed by atoms with Gasteiger partial charge in [-0.15, -0.1) is 0 Å². The topological polar surface area (TPSA) is 86.8 Å². The predicted octanol–water partition coefficient (Wildman–Crippen LogP) is 4.74. The Kier molecular flexibility index (Phi) is 10.1. The van der Waals surface area contributed by atoms with Gasteiger partial charge in [0, 0.05) is 17.6 Å². The summed E-state index contributed by atoms with van der Waals surface area (Å²) in [6.07, 6.45) is 1.72. The summed E-state index contributed by atoms with van der Waals surface area (Å²) in [5.41, 5.74) is 0.883. The fourth-order valence-corrected chi connectivity index (χ4v) is 4.47. The van der Waals surface area contributed by atoms with Crippen LogP contribution in [-0.2, 0) is 26.2 Å². The maximum absolute atomic E-state index is 13.5. The molecule has 2 aromatic rings. The normalized spacial score (nSPS) is 13.1.